The van der Waals surface area contributed by atoms with Crippen molar-refractivity contribution in [3.05, 3.63) is 11.6 Å². The Hall–Kier alpha value is -0.430. The first kappa shape index (κ1) is 24.9. The van der Waals surface area contributed by atoms with Gasteiger partial charge in [-0.25, -0.2) is 0 Å². The molecule has 0 aromatic carbocycles. The SMILES string of the molecule is CC(C)C1=CC2CC3(C=O)[C@@H]4CC[C@@H](C)[C@H]4CC2(C2CC(C4CCCCC4)C(CI)O2)[C@]13C(=O)O. The Bertz CT molecular complexity index is 923. The van der Waals surface area contributed by atoms with Crippen LogP contribution in [0.5, 0.6) is 0 Å². The molecule has 5 aliphatic carbocycles. The first-order valence-corrected chi connectivity index (χ1v) is 15.9. The summed E-state index contributed by atoms with van der Waals surface area (Å²) in [5, 5.41) is 11.3. The third-order valence-corrected chi connectivity index (χ3v) is 13.2. The summed E-state index contributed by atoms with van der Waals surface area (Å²) >= 11 is 2.49. The van der Waals surface area contributed by atoms with Gasteiger partial charge in [0.05, 0.1) is 17.6 Å². The van der Waals surface area contributed by atoms with Crippen LogP contribution in [-0.4, -0.2) is 34.0 Å². The molecular formula is C30H43IO4. The molecule has 0 spiro atoms. The average molecular weight is 595 g/mol. The molecule has 0 aromatic rings. The van der Waals surface area contributed by atoms with Gasteiger partial charge in [-0.05, 0) is 67.1 Å². The number of rotatable bonds is 6. The first-order chi connectivity index (χ1) is 16.8. The summed E-state index contributed by atoms with van der Waals surface area (Å²) < 4.78 is 8.05. The minimum atomic E-state index is -1.10. The number of halogens is 1. The molecule has 4 saturated carbocycles. The normalized spacial score (nSPS) is 51.0. The van der Waals surface area contributed by atoms with Gasteiger partial charge in [-0.15, -0.1) is 0 Å². The Morgan fingerprint density at radius 1 is 1.17 bits per heavy atom. The number of carbonyl (C=O) groups is 2. The number of hydrogen-bond donors (Lipinski definition) is 1. The van der Waals surface area contributed by atoms with Crippen molar-refractivity contribution in [2.75, 3.05) is 4.43 Å². The molecule has 6 unspecified atom stereocenters. The van der Waals surface area contributed by atoms with Gasteiger partial charge in [-0.1, -0.05) is 93.5 Å². The van der Waals surface area contributed by atoms with E-state index in [1.807, 2.05) is 0 Å². The van der Waals surface area contributed by atoms with E-state index in [1.165, 1.54) is 32.1 Å². The largest absolute Gasteiger partial charge is 0.481 e. The maximum absolute atomic E-state index is 13.8. The summed E-state index contributed by atoms with van der Waals surface area (Å²) in [6, 6.07) is 0. The second-order valence-electron chi connectivity index (χ2n) is 13.5. The number of alkyl halides is 1. The van der Waals surface area contributed by atoms with Gasteiger partial charge >= 0.3 is 5.97 Å². The van der Waals surface area contributed by atoms with Gasteiger partial charge in [0.2, 0.25) is 0 Å². The third-order valence-electron chi connectivity index (χ3n) is 12.3. The van der Waals surface area contributed by atoms with Crippen molar-refractivity contribution >= 4 is 34.8 Å². The van der Waals surface area contributed by atoms with Crippen molar-refractivity contribution in [1.29, 1.82) is 0 Å². The van der Waals surface area contributed by atoms with Crippen LogP contribution in [0.3, 0.4) is 0 Å². The van der Waals surface area contributed by atoms with Crippen LogP contribution in [0.25, 0.3) is 0 Å². The summed E-state index contributed by atoms with van der Waals surface area (Å²) in [6.07, 6.45) is 15.0. The van der Waals surface area contributed by atoms with E-state index in [4.69, 9.17) is 4.74 Å². The van der Waals surface area contributed by atoms with E-state index < -0.39 is 22.2 Å². The Morgan fingerprint density at radius 2 is 1.91 bits per heavy atom. The third kappa shape index (κ3) is 2.89. The number of fused-ring (bicyclic) bond motifs is 2. The van der Waals surface area contributed by atoms with Crippen LogP contribution in [0.1, 0.15) is 85.0 Å². The molecule has 1 heterocycles. The zero-order chi connectivity index (χ0) is 24.8. The average Bonchev–Trinajstić information content (AvgIpc) is 3.57. The molecule has 35 heavy (non-hydrogen) atoms. The predicted molar refractivity (Wildman–Crippen MR) is 144 cm³/mol. The topological polar surface area (TPSA) is 63.6 Å². The van der Waals surface area contributed by atoms with Crippen LogP contribution in [-0.2, 0) is 14.3 Å². The van der Waals surface area contributed by atoms with Crippen LogP contribution < -0.4 is 0 Å². The van der Waals surface area contributed by atoms with Gasteiger partial charge in [0.1, 0.15) is 11.7 Å². The maximum atomic E-state index is 13.8. The molecule has 1 N–H and O–H groups in total. The fraction of sp³-hybridized carbons (Fsp3) is 0.867. The van der Waals surface area contributed by atoms with E-state index in [2.05, 4.69) is 49.4 Å². The number of aliphatic carboxylic acids is 1. The smallest absolute Gasteiger partial charge is 0.315 e. The highest BCUT2D eigenvalue weighted by atomic mass is 127. The summed E-state index contributed by atoms with van der Waals surface area (Å²) in [5.74, 6) is 1.96. The lowest BCUT2D eigenvalue weighted by molar-refractivity contribution is -0.196. The van der Waals surface area contributed by atoms with Gasteiger partial charge in [0.15, 0.2) is 0 Å². The highest BCUT2D eigenvalue weighted by molar-refractivity contribution is 14.1. The first-order valence-electron chi connectivity index (χ1n) is 14.4. The highest BCUT2D eigenvalue weighted by Gasteiger charge is 2.86. The van der Waals surface area contributed by atoms with Crippen molar-refractivity contribution in [1.82, 2.24) is 0 Å². The highest BCUT2D eigenvalue weighted by Crippen LogP contribution is 2.84. The van der Waals surface area contributed by atoms with E-state index in [9.17, 15) is 14.7 Å². The van der Waals surface area contributed by atoms with Gasteiger partial charge in [-0.3, -0.25) is 4.79 Å². The number of carboxylic acid groups (broad SMARTS) is 1. The van der Waals surface area contributed by atoms with Crippen LogP contribution >= 0.6 is 22.6 Å². The fourth-order valence-electron chi connectivity index (χ4n) is 11.2. The van der Waals surface area contributed by atoms with Crippen molar-refractivity contribution < 1.29 is 19.4 Å². The van der Waals surface area contributed by atoms with Crippen molar-refractivity contribution in [3.63, 3.8) is 0 Å². The molecule has 6 aliphatic rings. The number of aldehydes is 1. The van der Waals surface area contributed by atoms with Gasteiger partial charge in [0, 0.05) is 9.84 Å². The lowest BCUT2D eigenvalue weighted by Crippen LogP contribution is -2.65. The minimum absolute atomic E-state index is 0.0571. The maximum Gasteiger partial charge on any atom is 0.315 e. The Balaban J connectivity index is 1.51. The lowest BCUT2D eigenvalue weighted by Gasteiger charge is -2.60. The molecule has 4 nitrogen and oxygen atoms in total. The summed E-state index contributed by atoms with van der Waals surface area (Å²) in [7, 11) is 0. The summed E-state index contributed by atoms with van der Waals surface area (Å²) in [5.41, 5.74) is -1.32. The Labute approximate surface area is 224 Å². The van der Waals surface area contributed by atoms with Crippen LogP contribution in [0.4, 0.5) is 0 Å². The number of ether oxygens (including phenoxy) is 1. The zero-order valence-corrected chi connectivity index (χ0v) is 23.8. The zero-order valence-electron chi connectivity index (χ0n) is 21.7. The van der Waals surface area contributed by atoms with E-state index in [0.717, 1.165) is 48.4 Å². The second kappa shape index (κ2) is 8.54. The van der Waals surface area contributed by atoms with E-state index >= 15 is 0 Å². The number of carbonyl (C=O) groups excluding carboxylic acids is 1. The Kier molecular flexibility index (Phi) is 6.07. The molecule has 1 saturated heterocycles. The number of carboxylic acids is 1. The quantitative estimate of drug-likeness (QED) is 0.161. The molecule has 1 aliphatic heterocycles. The molecule has 0 radical (unpaired) electrons. The molecule has 194 valence electrons. The van der Waals surface area contributed by atoms with Crippen molar-refractivity contribution in [2.45, 2.75) is 97.2 Å². The standard InChI is InChI=1S/C30H43IO4/c1-17(2)24-11-20-13-28(16-32)23-10-9-18(3)22(23)14-29(20,30(24,28)27(33)34)26-12-21(25(15-31)35-26)19-7-5-4-6-8-19/h11,16-23,25-26H,4-10,12-15H2,1-3H3,(H,33,34)/t18-,20?,21?,22-,23-,25?,26?,28?,29?,30+/m1/s1. The van der Waals surface area contributed by atoms with E-state index in [1.54, 1.807) is 0 Å². The van der Waals surface area contributed by atoms with Gasteiger partial charge in [0.25, 0.3) is 0 Å². The second-order valence-corrected chi connectivity index (χ2v) is 14.4. The molecule has 10 atom stereocenters. The summed E-state index contributed by atoms with van der Waals surface area (Å²) in [4.78, 5) is 27.1. The van der Waals surface area contributed by atoms with Gasteiger partial charge in [-0.2, -0.15) is 0 Å². The minimum Gasteiger partial charge on any atom is -0.481 e. The van der Waals surface area contributed by atoms with E-state index in [0.29, 0.717) is 23.7 Å². The lowest BCUT2D eigenvalue weighted by atomic mass is 9.41. The molecule has 0 amide bonds. The van der Waals surface area contributed by atoms with Crippen molar-refractivity contribution in [2.24, 2.45) is 57.7 Å². The number of allylic oxidation sites excluding steroid dienone is 1. The fourth-order valence-corrected chi connectivity index (χ4v) is 12.0. The molecule has 0 aromatic heterocycles. The van der Waals surface area contributed by atoms with Crippen LogP contribution in [0.15, 0.2) is 11.6 Å². The Morgan fingerprint density at radius 3 is 2.54 bits per heavy atom. The monoisotopic (exact) mass is 594 g/mol. The van der Waals surface area contributed by atoms with Crippen LogP contribution in [0, 0.1) is 57.7 Å². The van der Waals surface area contributed by atoms with Crippen LogP contribution in [0.2, 0.25) is 0 Å². The molecule has 6 rings (SSSR count). The molecule has 5 fully saturated rings. The summed E-state index contributed by atoms with van der Waals surface area (Å²) in [6.45, 7) is 6.63. The predicted octanol–water partition coefficient (Wildman–Crippen LogP) is 6.70. The molecule has 5 heteroatoms. The number of hydrogen-bond acceptors (Lipinski definition) is 3. The molecule has 4 bridgehead atoms. The van der Waals surface area contributed by atoms with E-state index in [-0.39, 0.29) is 30.0 Å². The van der Waals surface area contributed by atoms with Gasteiger partial charge < -0.3 is 14.6 Å². The van der Waals surface area contributed by atoms with Crippen molar-refractivity contribution in [3.8, 4) is 0 Å². The molecular weight excluding hydrogens is 551 g/mol.